The normalized spacial score (nSPS) is 17.7. The van der Waals surface area contributed by atoms with Crippen LogP contribution in [0.25, 0.3) is 0 Å². The molecule has 0 aromatic rings. The van der Waals surface area contributed by atoms with E-state index < -0.39 is 12.2 Å². The van der Waals surface area contributed by atoms with E-state index >= 15 is 0 Å². The van der Waals surface area contributed by atoms with Gasteiger partial charge in [-0.05, 0) is 19.3 Å². The molecule has 104 valence electrons. The van der Waals surface area contributed by atoms with Gasteiger partial charge in [0.1, 0.15) is 13.2 Å². The third-order valence-electron chi connectivity index (χ3n) is 2.87. The number of hydrogen-bond donors (Lipinski definition) is 2. The van der Waals surface area contributed by atoms with Crippen molar-refractivity contribution in [2.45, 2.75) is 45.6 Å². The summed E-state index contributed by atoms with van der Waals surface area (Å²) in [7, 11) is 0. The number of nitrogens with one attached hydrogen (secondary N) is 1. The molecule has 0 radical (unpaired) electrons. The summed E-state index contributed by atoms with van der Waals surface area (Å²) in [6, 6.07) is 0.275. The van der Waals surface area contributed by atoms with Gasteiger partial charge in [-0.25, -0.2) is 9.59 Å². The number of ether oxygens (including phenoxy) is 2. The van der Waals surface area contributed by atoms with Crippen molar-refractivity contribution in [3.63, 3.8) is 0 Å². The number of hydrogen-bond acceptors (Lipinski definition) is 4. The quantitative estimate of drug-likeness (QED) is 0.728. The first kappa shape index (κ1) is 14.6. The van der Waals surface area contributed by atoms with Crippen LogP contribution in [-0.2, 0) is 9.47 Å². The second kappa shape index (κ2) is 6.47. The number of primary amides is 1. The molecule has 0 saturated heterocycles. The van der Waals surface area contributed by atoms with Gasteiger partial charge < -0.3 is 20.5 Å². The maximum Gasteiger partial charge on any atom is 0.407 e. The SMILES string of the molecule is CCC[C@](C)(COC(N)=O)COC(=O)NC1CC1. The molecule has 0 aliphatic heterocycles. The highest BCUT2D eigenvalue weighted by molar-refractivity contribution is 5.68. The van der Waals surface area contributed by atoms with E-state index in [1.165, 1.54) is 0 Å². The summed E-state index contributed by atoms with van der Waals surface area (Å²) in [5, 5.41) is 2.74. The summed E-state index contributed by atoms with van der Waals surface area (Å²) in [4.78, 5) is 22.0. The molecule has 1 saturated carbocycles. The van der Waals surface area contributed by atoms with Crippen molar-refractivity contribution in [2.75, 3.05) is 13.2 Å². The Morgan fingerprint density at radius 3 is 2.44 bits per heavy atom. The maximum absolute atomic E-state index is 11.4. The zero-order valence-electron chi connectivity index (χ0n) is 11.0. The van der Waals surface area contributed by atoms with Gasteiger partial charge in [-0.2, -0.15) is 0 Å². The number of carbonyl (C=O) groups is 2. The first-order valence-corrected chi connectivity index (χ1v) is 6.31. The van der Waals surface area contributed by atoms with Crippen LogP contribution in [0.4, 0.5) is 9.59 Å². The standard InChI is InChI=1S/C12H22N2O4/c1-3-6-12(2,7-17-10(13)15)8-18-11(16)14-9-4-5-9/h9H,3-8H2,1-2H3,(H2,13,15)(H,14,16)/t12-/m1/s1. The fraction of sp³-hybridized carbons (Fsp3) is 0.833. The van der Waals surface area contributed by atoms with Gasteiger partial charge in [-0.15, -0.1) is 0 Å². The van der Waals surface area contributed by atoms with Crippen molar-refractivity contribution in [3.8, 4) is 0 Å². The second-order valence-corrected chi connectivity index (χ2v) is 5.16. The first-order valence-electron chi connectivity index (χ1n) is 6.31. The number of alkyl carbamates (subject to hydrolysis) is 1. The molecule has 1 rings (SSSR count). The van der Waals surface area contributed by atoms with E-state index in [-0.39, 0.29) is 24.7 Å². The van der Waals surface area contributed by atoms with Crippen LogP contribution in [-0.4, -0.2) is 31.4 Å². The Balaban J connectivity index is 2.34. The van der Waals surface area contributed by atoms with E-state index in [0.29, 0.717) is 0 Å². The van der Waals surface area contributed by atoms with Crippen molar-refractivity contribution >= 4 is 12.2 Å². The first-order chi connectivity index (χ1) is 8.45. The minimum Gasteiger partial charge on any atom is -0.449 e. The minimum atomic E-state index is -0.806. The average Bonchev–Trinajstić information content (AvgIpc) is 3.08. The number of nitrogens with two attached hydrogens (primary N) is 1. The van der Waals surface area contributed by atoms with Gasteiger partial charge in [-0.3, -0.25) is 0 Å². The van der Waals surface area contributed by atoms with Gasteiger partial charge in [0.2, 0.25) is 0 Å². The molecule has 0 heterocycles. The van der Waals surface area contributed by atoms with Gasteiger partial charge in [0.15, 0.2) is 0 Å². The Hall–Kier alpha value is -1.46. The van der Waals surface area contributed by atoms with Gasteiger partial charge in [-0.1, -0.05) is 20.3 Å². The Morgan fingerprint density at radius 1 is 1.33 bits per heavy atom. The molecule has 0 unspecified atom stereocenters. The second-order valence-electron chi connectivity index (χ2n) is 5.16. The molecule has 6 nitrogen and oxygen atoms in total. The van der Waals surface area contributed by atoms with E-state index in [9.17, 15) is 9.59 Å². The average molecular weight is 258 g/mol. The lowest BCUT2D eigenvalue weighted by Gasteiger charge is -2.27. The smallest absolute Gasteiger partial charge is 0.407 e. The van der Waals surface area contributed by atoms with Crippen LogP contribution >= 0.6 is 0 Å². The van der Waals surface area contributed by atoms with Crippen molar-refractivity contribution in [3.05, 3.63) is 0 Å². The van der Waals surface area contributed by atoms with Gasteiger partial charge in [0.05, 0.1) is 0 Å². The zero-order valence-corrected chi connectivity index (χ0v) is 11.0. The molecule has 1 aliphatic carbocycles. The zero-order chi connectivity index (χ0) is 13.6. The van der Waals surface area contributed by atoms with Gasteiger partial charge in [0.25, 0.3) is 0 Å². The van der Waals surface area contributed by atoms with Crippen molar-refractivity contribution in [1.82, 2.24) is 5.32 Å². The monoisotopic (exact) mass is 258 g/mol. The predicted molar refractivity (Wildman–Crippen MR) is 66.1 cm³/mol. The third-order valence-corrected chi connectivity index (χ3v) is 2.87. The van der Waals surface area contributed by atoms with Crippen LogP contribution in [0.5, 0.6) is 0 Å². The molecule has 2 amide bonds. The molecule has 1 fully saturated rings. The van der Waals surface area contributed by atoms with Crippen molar-refractivity contribution in [2.24, 2.45) is 11.1 Å². The molecular formula is C12H22N2O4. The molecule has 0 bridgehead atoms. The Morgan fingerprint density at radius 2 is 1.94 bits per heavy atom. The summed E-state index contributed by atoms with van der Waals surface area (Å²) in [5.41, 5.74) is 4.56. The minimum absolute atomic E-state index is 0.160. The van der Waals surface area contributed by atoms with E-state index in [2.05, 4.69) is 5.32 Å². The lowest BCUT2D eigenvalue weighted by molar-refractivity contribution is 0.0337. The van der Waals surface area contributed by atoms with E-state index in [0.717, 1.165) is 25.7 Å². The highest BCUT2D eigenvalue weighted by atomic mass is 16.6. The Labute approximate surface area is 107 Å². The molecule has 18 heavy (non-hydrogen) atoms. The fourth-order valence-electron chi connectivity index (χ4n) is 1.71. The Bertz CT molecular complexity index is 304. The third kappa shape index (κ3) is 5.75. The van der Waals surface area contributed by atoms with Crippen molar-refractivity contribution < 1.29 is 19.1 Å². The van der Waals surface area contributed by atoms with E-state index in [4.69, 9.17) is 15.2 Å². The number of carbonyl (C=O) groups excluding carboxylic acids is 2. The number of rotatable bonds is 7. The number of amides is 2. The highest BCUT2D eigenvalue weighted by Crippen LogP contribution is 2.25. The fourth-order valence-corrected chi connectivity index (χ4v) is 1.71. The Kier molecular flexibility index (Phi) is 5.25. The molecular weight excluding hydrogens is 236 g/mol. The summed E-state index contributed by atoms with van der Waals surface area (Å²) in [6.07, 6.45) is 2.53. The lowest BCUT2D eigenvalue weighted by Crippen LogP contribution is -2.35. The van der Waals surface area contributed by atoms with Crippen LogP contribution in [0.1, 0.15) is 39.5 Å². The molecule has 1 aliphatic rings. The van der Waals surface area contributed by atoms with Gasteiger partial charge >= 0.3 is 12.2 Å². The van der Waals surface area contributed by atoms with Gasteiger partial charge in [0, 0.05) is 11.5 Å². The summed E-state index contributed by atoms with van der Waals surface area (Å²) >= 11 is 0. The molecule has 1 atom stereocenters. The van der Waals surface area contributed by atoms with E-state index in [1.807, 2.05) is 13.8 Å². The summed E-state index contributed by atoms with van der Waals surface area (Å²) in [5.74, 6) is 0. The summed E-state index contributed by atoms with van der Waals surface area (Å²) < 4.78 is 9.97. The van der Waals surface area contributed by atoms with Crippen LogP contribution in [0, 0.1) is 5.41 Å². The molecule has 0 spiro atoms. The largest absolute Gasteiger partial charge is 0.449 e. The van der Waals surface area contributed by atoms with Crippen LogP contribution in [0.2, 0.25) is 0 Å². The lowest BCUT2D eigenvalue weighted by atomic mass is 9.87. The van der Waals surface area contributed by atoms with Crippen LogP contribution in [0.15, 0.2) is 0 Å². The van der Waals surface area contributed by atoms with Crippen molar-refractivity contribution in [1.29, 1.82) is 0 Å². The van der Waals surface area contributed by atoms with Crippen LogP contribution < -0.4 is 11.1 Å². The highest BCUT2D eigenvalue weighted by Gasteiger charge is 2.29. The van der Waals surface area contributed by atoms with Crippen LogP contribution in [0.3, 0.4) is 0 Å². The molecule has 3 N–H and O–H groups in total. The molecule has 0 aromatic heterocycles. The molecule has 6 heteroatoms. The molecule has 0 aromatic carbocycles. The predicted octanol–water partition coefficient (Wildman–Crippen LogP) is 1.78. The topological polar surface area (TPSA) is 90.7 Å². The summed E-state index contributed by atoms with van der Waals surface area (Å²) in [6.45, 7) is 4.30. The maximum atomic E-state index is 11.4. The van der Waals surface area contributed by atoms with E-state index in [1.54, 1.807) is 0 Å².